The van der Waals surface area contributed by atoms with E-state index in [-0.39, 0.29) is 0 Å². The lowest BCUT2D eigenvalue weighted by molar-refractivity contribution is 0.434. The Morgan fingerprint density at radius 1 is 0.789 bits per heavy atom. The summed E-state index contributed by atoms with van der Waals surface area (Å²) in [6.45, 7) is 0. The van der Waals surface area contributed by atoms with Crippen LogP contribution in [0.1, 0.15) is 0 Å². The predicted octanol–water partition coefficient (Wildman–Crippen LogP) is 5.53. The van der Waals surface area contributed by atoms with Gasteiger partial charge >= 0.3 is 0 Å². The van der Waals surface area contributed by atoms with Crippen molar-refractivity contribution in [2.24, 2.45) is 0 Å². The third kappa shape index (κ3) is 2.51. The number of nitrogens with zero attached hydrogens (tertiary/aromatic N) is 1. The molecule has 0 spiro atoms. The first kappa shape index (κ1) is 12.6. The van der Waals surface area contributed by atoms with Crippen LogP contribution in [-0.4, -0.2) is 5.16 Å². The van der Waals surface area contributed by atoms with Gasteiger partial charge in [-0.05, 0) is 40.2 Å². The van der Waals surface area contributed by atoms with Crippen LogP contribution >= 0.6 is 31.9 Å². The normalized spacial score (nSPS) is 10.6. The molecule has 0 saturated carbocycles. The lowest BCUT2D eigenvalue weighted by Gasteiger charge is -1.98. The average molecular weight is 379 g/mol. The van der Waals surface area contributed by atoms with E-state index in [2.05, 4.69) is 37.0 Å². The summed E-state index contributed by atoms with van der Waals surface area (Å²) in [5.74, 6) is 0.742. The van der Waals surface area contributed by atoms with Crippen LogP contribution in [-0.2, 0) is 0 Å². The monoisotopic (exact) mass is 377 g/mol. The molecule has 94 valence electrons. The molecule has 0 saturated heterocycles. The van der Waals surface area contributed by atoms with Gasteiger partial charge in [-0.1, -0.05) is 51.4 Å². The molecule has 19 heavy (non-hydrogen) atoms. The van der Waals surface area contributed by atoms with E-state index >= 15 is 0 Å². The molecule has 0 aliphatic carbocycles. The van der Waals surface area contributed by atoms with Gasteiger partial charge in [0.15, 0.2) is 5.76 Å². The lowest BCUT2D eigenvalue weighted by Crippen LogP contribution is -1.78. The molecule has 0 unspecified atom stereocenters. The zero-order valence-corrected chi connectivity index (χ0v) is 13.0. The van der Waals surface area contributed by atoms with Crippen LogP contribution in [0.4, 0.5) is 0 Å². The second-order valence-corrected chi connectivity index (χ2v) is 5.76. The molecule has 0 amide bonds. The van der Waals surface area contributed by atoms with Crippen molar-refractivity contribution < 1.29 is 4.52 Å². The minimum Gasteiger partial charge on any atom is -0.354 e. The van der Waals surface area contributed by atoms with Crippen molar-refractivity contribution >= 4 is 31.9 Å². The first-order chi connectivity index (χ1) is 9.25. The van der Waals surface area contributed by atoms with E-state index in [0.717, 1.165) is 31.5 Å². The zero-order chi connectivity index (χ0) is 13.2. The smallest absolute Gasteiger partial charge is 0.181 e. The molecule has 0 N–H and O–H groups in total. The quantitative estimate of drug-likeness (QED) is 0.585. The molecule has 0 radical (unpaired) electrons. The van der Waals surface area contributed by atoms with Gasteiger partial charge in [0.05, 0.1) is 4.47 Å². The van der Waals surface area contributed by atoms with E-state index in [1.165, 1.54) is 0 Å². The Balaban J connectivity index is 2.06. The second kappa shape index (κ2) is 5.31. The maximum absolute atomic E-state index is 5.46. The van der Waals surface area contributed by atoms with Crippen LogP contribution in [0.25, 0.3) is 22.6 Å². The number of rotatable bonds is 2. The Kier molecular flexibility index (Phi) is 3.53. The van der Waals surface area contributed by atoms with Gasteiger partial charge in [-0.3, -0.25) is 0 Å². The average Bonchev–Trinajstić information content (AvgIpc) is 2.83. The highest BCUT2D eigenvalue weighted by atomic mass is 79.9. The molecular formula is C15H9Br2NO. The van der Waals surface area contributed by atoms with Gasteiger partial charge in [0, 0.05) is 15.6 Å². The second-order valence-electron chi connectivity index (χ2n) is 4.05. The Bertz CT molecular complexity index is 690. The fraction of sp³-hybridized carbons (Fsp3) is 0. The number of benzene rings is 2. The fourth-order valence-electron chi connectivity index (χ4n) is 1.84. The molecule has 0 aliphatic heterocycles. The first-order valence-electron chi connectivity index (χ1n) is 5.72. The van der Waals surface area contributed by atoms with E-state index in [4.69, 9.17) is 4.52 Å². The highest BCUT2D eigenvalue weighted by molar-refractivity contribution is 9.11. The minimum absolute atomic E-state index is 0.742. The third-order valence-electron chi connectivity index (χ3n) is 2.79. The molecular weight excluding hydrogens is 370 g/mol. The van der Waals surface area contributed by atoms with Gasteiger partial charge in [0.25, 0.3) is 0 Å². The van der Waals surface area contributed by atoms with E-state index in [9.17, 15) is 0 Å². The van der Waals surface area contributed by atoms with Crippen LogP contribution in [0.3, 0.4) is 0 Å². The van der Waals surface area contributed by atoms with Gasteiger partial charge in [-0.25, -0.2) is 0 Å². The molecule has 4 heteroatoms. The summed E-state index contributed by atoms with van der Waals surface area (Å²) in [6.07, 6.45) is 0. The van der Waals surface area contributed by atoms with Crippen molar-refractivity contribution in [2.45, 2.75) is 0 Å². The van der Waals surface area contributed by atoms with Crippen molar-refractivity contribution in [3.63, 3.8) is 0 Å². The van der Waals surface area contributed by atoms with Crippen LogP contribution < -0.4 is 0 Å². The maximum Gasteiger partial charge on any atom is 0.181 e. The van der Waals surface area contributed by atoms with Crippen LogP contribution in [0.2, 0.25) is 0 Å². The topological polar surface area (TPSA) is 26.0 Å². The molecule has 2 aromatic carbocycles. The molecule has 0 aliphatic rings. The number of halogens is 2. The summed E-state index contributed by atoms with van der Waals surface area (Å²) in [6, 6.07) is 17.9. The summed E-state index contributed by atoms with van der Waals surface area (Å²) in [4.78, 5) is 0. The molecule has 1 aromatic heterocycles. The molecule has 3 aromatic rings. The zero-order valence-electron chi connectivity index (χ0n) is 9.81. The number of hydrogen-bond acceptors (Lipinski definition) is 2. The molecule has 2 nitrogen and oxygen atoms in total. The summed E-state index contributed by atoms with van der Waals surface area (Å²) < 4.78 is 7.38. The van der Waals surface area contributed by atoms with Gasteiger partial charge in [-0.15, -0.1) is 0 Å². The standard InChI is InChI=1S/C15H9Br2NO/c16-12-8-6-11(7-9-12)15-13(17)14(18-19-15)10-4-2-1-3-5-10/h1-9H. The molecule has 0 fully saturated rings. The predicted molar refractivity (Wildman–Crippen MR) is 82.8 cm³/mol. The van der Waals surface area contributed by atoms with E-state index < -0.39 is 0 Å². The Morgan fingerprint density at radius 3 is 2.16 bits per heavy atom. The van der Waals surface area contributed by atoms with Gasteiger partial charge < -0.3 is 4.52 Å². The maximum atomic E-state index is 5.46. The first-order valence-corrected chi connectivity index (χ1v) is 7.31. The van der Waals surface area contributed by atoms with Crippen molar-refractivity contribution in [3.05, 3.63) is 63.5 Å². The minimum atomic E-state index is 0.742. The van der Waals surface area contributed by atoms with E-state index in [1.54, 1.807) is 0 Å². The van der Waals surface area contributed by atoms with Gasteiger partial charge in [0.2, 0.25) is 0 Å². The fourth-order valence-corrected chi connectivity index (χ4v) is 2.70. The van der Waals surface area contributed by atoms with Crippen LogP contribution in [0, 0.1) is 0 Å². The number of aromatic nitrogens is 1. The Morgan fingerprint density at radius 2 is 1.47 bits per heavy atom. The third-order valence-corrected chi connectivity index (χ3v) is 4.05. The Labute approximate surface area is 127 Å². The molecule has 3 rings (SSSR count). The molecule has 0 atom stereocenters. The van der Waals surface area contributed by atoms with E-state index in [0.29, 0.717) is 0 Å². The SMILES string of the molecule is Brc1ccc(-c2onc(-c3ccccc3)c2Br)cc1. The number of hydrogen-bond donors (Lipinski definition) is 0. The Hall–Kier alpha value is -1.39. The van der Waals surface area contributed by atoms with Crippen molar-refractivity contribution in [3.8, 4) is 22.6 Å². The van der Waals surface area contributed by atoms with Crippen molar-refractivity contribution in [1.29, 1.82) is 0 Å². The van der Waals surface area contributed by atoms with Crippen LogP contribution in [0.15, 0.2) is 68.1 Å². The summed E-state index contributed by atoms with van der Waals surface area (Å²) in [5, 5.41) is 4.15. The summed E-state index contributed by atoms with van der Waals surface area (Å²) in [7, 11) is 0. The van der Waals surface area contributed by atoms with Gasteiger partial charge in [-0.2, -0.15) is 0 Å². The molecule has 1 heterocycles. The van der Waals surface area contributed by atoms with Gasteiger partial charge in [0.1, 0.15) is 5.69 Å². The summed E-state index contributed by atoms with van der Waals surface area (Å²) >= 11 is 7.00. The van der Waals surface area contributed by atoms with Crippen molar-refractivity contribution in [2.75, 3.05) is 0 Å². The summed E-state index contributed by atoms with van der Waals surface area (Å²) in [5.41, 5.74) is 2.84. The largest absolute Gasteiger partial charge is 0.354 e. The highest BCUT2D eigenvalue weighted by Crippen LogP contribution is 2.36. The van der Waals surface area contributed by atoms with Crippen molar-refractivity contribution in [1.82, 2.24) is 5.16 Å². The molecule has 0 bridgehead atoms. The highest BCUT2D eigenvalue weighted by Gasteiger charge is 2.16. The lowest BCUT2D eigenvalue weighted by atomic mass is 10.1. The van der Waals surface area contributed by atoms with E-state index in [1.807, 2.05) is 54.6 Å². The van der Waals surface area contributed by atoms with Crippen LogP contribution in [0.5, 0.6) is 0 Å².